The number of amides is 1. The van der Waals surface area contributed by atoms with Crippen molar-refractivity contribution in [2.75, 3.05) is 26.2 Å². The predicted octanol–water partition coefficient (Wildman–Crippen LogP) is 2.87. The lowest BCUT2D eigenvalue weighted by atomic mass is 9.98. The van der Waals surface area contributed by atoms with Gasteiger partial charge in [-0.15, -0.1) is 0 Å². The Balaban J connectivity index is 1.68. The highest BCUT2D eigenvalue weighted by Crippen LogP contribution is 2.29. The maximum atomic E-state index is 12.0. The smallest absolute Gasteiger partial charge is 0.250 e. The van der Waals surface area contributed by atoms with E-state index in [-0.39, 0.29) is 0 Å². The lowest BCUT2D eigenvalue weighted by Gasteiger charge is -2.35. The molecule has 0 radical (unpaired) electrons. The molecule has 1 aromatic heterocycles. The van der Waals surface area contributed by atoms with E-state index in [4.69, 9.17) is 10.7 Å². The Morgan fingerprint density at radius 2 is 2.14 bits per heavy atom. The third-order valence-corrected chi connectivity index (χ3v) is 6.57. The number of carbonyl (C=O) groups excluding carboxylic acids is 1. The van der Waals surface area contributed by atoms with Crippen LogP contribution >= 0.6 is 0 Å². The van der Waals surface area contributed by atoms with Gasteiger partial charge in [0.2, 0.25) is 0 Å². The number of nitrogens with two attached hydrogens (primary N) is 1. The molecular weight excluding hydrogens is 350 g/mol. The Bertz CT molecular complexity index is 824. The number of aromatic nitrogens is 2. The molecule has 1 amide bonds. The average molecular weight is 384 g/mol. The number of imidazole rings is 1. The summed E-state index contributed by atoms with van der Waals surface area (Å²) in [6.45, 7) is 7.48. The summed E-state index contributed by atoms with van der Waals surface area (Å²) in [4.78, 5) is 19.6. The van der Waals surface area contributed by atoms with Crippen LogP contribution in [0.2, 0.25) is 0 Å². The fourth-order valence-electron chi connectivity index (χ4n) is 5.03. The summed E-state index contributed by atoms with van der Waals surface area (Å²) in [6.07, 6.45) is 7.49. The number of rotatable bonds is 6. The van der Waals surface area contributed by atoms with Crippen LogP contribution in [-0.2, 0) is 6.54 Å². The van der Waals surface area contributed by atoms with Crippen molar-refractivity contribution in [1.82, 2.24) is 19.8 Å². The Morgan fingerprint density at radius 3 is 2.89 bits per heavy atom. The Kier molecular flexibility index (Phi) is 5.97. The standard InChI is InChI=1S/C22H33N5O/c1-2-17-8-3-4-12-26(17)13-14-27-19-10-5-9-18(21(23)28)20(19)25-22(27)16-7-6-11-24-15-16/h5,9-10,16-17,24H,2-4,6-8,11-15H2,1H3,(H2,23,28). The van der Waals surface area contributed by atoms with E-state index >= 15 is 0 Å². The molecule has 0 aliphatic carbocycles. The van der Waals surface area contributed by atoms with E-state index in [2.05, 4.69) is 27.8 Å². The van der Waals surface area contributed by atoms with Crippen LogP contribution < -0.4 is 11.1 Å². The van der Waals surface area contributed by atoms with E-state index in [0.29, 0.717) is 17.5 Å². The van der Waals surface area contributed by atoms with Gasteiger partial charge in [0.1, 0.15) is 11.3 Å². The highest BCUT2D eigenvalue weighted by molar-refractivity contribution is 6.04. The Labute approximate surface area is 167 Å². The van der Waals surface area contributed by atoms with Crippen LogP contribution in [0.4, 0.5) is 0 Å². The molecule has 2 aliphatic rings. The van der Waals surface area contributed by atoms with Gasteiger partial charge in [-0.05, 0) is 57.3 Å². The van der Waals surface area contributed by atoms with E-state index in [1.54, 1.807) is 6.07 Å². The van der Waals surface area contributed by atoms with Crippen LogP contribution in [0.25, 0.3) is 11.0 Å². The molecule has 1 aromatic carbocycles. The van der Waals surface area contributed by atoms with Crippen LogP contribution in [0.3, 0.4) is 0 Å². The maximum Gasteiger partial charge on any atom is 0.250 e. The number of likely N-dealkylation sites (tertiary alicyclic amines) is 1. The van der Waals surface area contributed by atoms with Crippen molar-refractivity contribution < 1.29 is 4.79 Å². The summed E-state index contributed by atoms with van der Waals surface area (Å²) in [7, 11) is 0. The number of carbonyl (C=O) groups is 1. The number of nitrogens with zero attached hydrogens (tertiary/aromatic N) is 3. The minimum absolute atomic E-state index is 0.394. The molecule has 0 spiro atoms. The zero-order chi connectivity index (χ0) is 19.5. The number of hydrogen-bond acceptors (Lipinski definition) is 4. The third-order valence-electron chi connectivity index (χ3n) is 6.57. The molecule has 3 N–H and O–H groups in total. The molecule has 6 heteroatoms. The first-order valence-electron chi connectivity index (χ1n) is 10.9. The number of benzene rings is 1. The summed E-state index contributed by atoms with van der Waals surface area (Å²) >= 11 is 0. The molecule has 0 bridgehead atoms. The fraction of sp³-hybridized carbons (Fsp3) is 0.636. The van der Waals surface area contributed by atoms with Gasteiger partial charge in [-0.25, -0.2) is 4.98 Å². The quantitative estimate of drug-likeness (QED) is 0.804. The predicted molar refractivity (Wildman–Crippen MR) is 113 cm³/mol. The highest BCUT2D eigenvalue weighted by Gasteiger charge is 2.26. The second kappa shape index (κ2) is 8.62. The first-order valence-corrected chi connectivity index (χ1v) is 10.9. The summed E-state index contributed by atoms with van der Waals surface area (Å²) < 4.78 is 2.36. The van der Waals surface area contributed by atoms with Crippen molar-refractivity contribution in [3.8, 4) is 0 Å². The minimum atomic E-state index is -0.398. The summed E-state index contributed by atoms with van der Waals surface area (Å²) in [6, 6.07) is 6.51. The van der Waals surface area contributed by atoms with E-state index in [9.17, 15) is 4.79 Å². The minimum Gasteiger partial charge on any atom is -0.366 e. The van der Waals surface area contributed by atoms with E-state index in [0.717, 1.165) is 49.5 Å². The van der Waals surface area contributed by atoms with Crippen molar-refractivity contribution >= 4 is 16.9 Å². The van der Waals surface area contributed by atoms with Gasteiger partial charge in [-0.3, -0.25) is 9.69 Å². The molecule has 2 unspecified atom stereocenters. The topological polar surface area (TPSA) is 76.2 Å². The average Bonchev–Trinajstić information content (AvgIpc) is 3.11. The van der Waals surface area contributed by atoms with Crippen LogP contribution in [0.1, 0.15) is 67.5 Å². The van der Waals surface area contributed by atoms with E-state index in [1.165, 1.54) is 38.6 Å². The number of primary amides is 1. The third kappa shape index (κ3) is 3.80. The molecule has 3 heterocycles. The number of fused-ring (bicyclic) bond motifs is 1. The lowest BCUT2D eigenvalue weighted by Crippen LogP contribution is -2.41. The van der Waals surface area contributed by atoms with Crippen LogP contribution in [0.5, 0.6) is 0 Å². The van der Waals surface area contributed by atoms with Crippen molar-refractivity contribution in [2.24, 2.45) is 5.73 Å². The van der Waals surface area contributed by atoms with Gasteiger partial charge in [-0.2, -0.15) is 0 Å². The van der Waals surface area contributed by atoms with E-state index < -0.39 is 5.91 Å². The second-order valence-corrected chi connectivity index (χ2v) is 8.30. The zero-order valence-corrected chi connectivity index (χ0v) is 17.0. The monoisotopic (exact) mass is 383 g/mol. The molecule has 152 valence electrons. The largest absolute Gasteiger partial charge is 0.366 e. The number of hydrogen-bond donors (Lipinski definition) is 2. The first-order chi connectivity index (χ1) is 13.7. The van der Waals surface area contributed by atoms with Crippen molar-refractivity contribution in [3.63, 3.8) is 0 Å². The highest BCUT2D eigenvalue weighted by atomic mass is 16.1. The molecular formula is C22H33N5O. The maximum absolute atomic E-state index is 12.0. The summed E-state index contributed by atoms with van der Waals surface area (Å²) in [5.74, 6) is 1.11. The molecule has 2 saturated heterocycles. The molecule has 2 fully saturated rings. The lowest BCUT2D eigenvalue weighted by molar-refractivity contribution is 0.100. The van der Waals surface area contributed by atoms with Gasteiger partial charge in [0.15, 0.2) is 0 Å². The number of para-hydroxylation sites is 1. The number of nitrogens with one attached hydrogen (secondary N) is 1. The van der Waals surface area contributed by atoms with Crippen LogP contribution in [-0.4, -0.2) is 52.6 Å². The van der Waals surface area contributed by atoms with Crippen LogP contribution in [0.15, 0.2) is 18.2 Å². The first kappa shape index (κ1) is 19.4. The van der Waals surface area contributed by atoms with Gasteiger partial charge in [0, 0.05) is 31.6 Å². The molecule has 2 aromatic rings. The summed E-state index contributed by atoms with van der Waals surface area (Å²) in [5.41, 5.74) is 7.98. The van der Waals surface area contributed by atoms with E-state index in [1.807, 2.05) is 6.07 Å². The fourth-order valence-corrected chi connectivity index (χ4v) is 5.03. The molecule has 4 rings (SSSR count). The van der Waals surface area contributed by atoms with Gasteiger partial charge in [0.25, 0.3) is 5.91 Å². The Hall–Kier alpha value is -1.92. The van der Waals surface area contributed by atoms with Gasteiger partial charge >= 0.3 is 0 Å². The number of piperidine rings is 2. The van der Waals surface area contributed by atoms with Gasteiger partial charge in [0.05, 0.1) is 11.1 Å². The molecule has 2 atom stereocenters. The molecule has 28 heavy (non-hydrogen) atoms. The normalized spacial score (nSPS) is 23.9. The summed E-state index contributed by atoms with van der Waals surface area (Å²) in [5, 5.41) is 3.51. The zero-order valence-electron chi connectivity index (χ0n) is 17.0. The second-order valence-electron chi connectivity index (χ2n) is 8.30. The van der Waals surface area contributed by atoms with Gasteiger partial charge in [-0.1, -0.05) is 19.4 Å². The SMILES string of the molecule is CCC1CCCCN1CCn1c(C2CCCNC2)nc2c(C(N)=O)cccc21. The van der Waals surface area contributed by atoms with Crippen molar-refractivity contribution in [1.29, 1.82) is 0 Å². The molecule has 2 aliphatic heterocycles. The molecule has 6 nitrogen and oxygen atoms in total. The molecule has 0 saturated carbocycles. The van der Waals surface area contributed by atoms with Crippen molar-refractivity contribution in [2.45, 2.75) is 64.0 Å². The van der Waals surface area contributed by atoms with Gasteiger partial charge < -0.3 is 15.6 Å². The van der Waals surface area contributed by atoms with Crippen molar-refractivity contribution in [3.05, 3.63) is 29.6 Å². The van der Waals surface area contributed by atoms with Crippen LogP contribution in [0, 0.1) is 0 Å². The Morgan fingerprint density at radius 1 is 1.25 bits per heavy atom.